The lowest BCUT2D eigenvalue weighted by molar-refractivity contribution is 0.249. The van der Waals surface area contributed by atoms with Crippen LogP contribution in [0.15, 0.2) is 41.8 Å². The van der Waals surface area contributed by atoms with E-state index in [0.29, 0.717) is 22.6 Å². The number of urea groups is 1. The molecule has 4 aromatic rings. The molecular weight excluding hydrogens is 375 g/mol. The van der Waals surface area contributed by atoms with Crippen LogP contribution in [0.5, 0.6) is 0 Å². The minimum absolute atomic E-state index is 0.307. The second kappa shape index (κ2) is 6.97. The van der Waals surface area contributed by atoms with Gasteiger partial charge in [-0.15, -0.1) is 0 Å². The van der Waals surface area contributed by atoms with Crippen LogP contribution in [0.4, 0.5) is 9.18 Å². The van der Waals surface area contributed by atoms with Crippen molar-refractivity contribution < 1.29 is 9.18 Å². The number of fused-ring (bicyclic) bond motifs is 2. The zero-order valence-corrected chi connectivity index (χ0v) is 16.1. The summed E-state index contributed by atoms with van der Waals surface area (Å²) in [6.45, 7) is 3.59. The van der Waals surface area contributed by atoms with Crippen LogP contribution in [0.1, 0.15) is 36.7 Å². The summed E-state index contributed by atoms with van der Waals surface area (Å²) in [6, 6.07) is 6.05. The van der Waals surface area contributed by atoms with Crippen LogP contribution in [0.25, 0.3) is 16.6 Å². The van der Waals surface area contributed by atoms with Crippen LogP contribution in [-0.4, -0.2) is 36.1 Å². The number of hydrazone groups is 1. The summed E-state index contributed by atoms with van der Waals surface area (Å²) in [5.41, 5.74) is 10.8. The van der Waals surface area contributed by atoms with Gasteiger partial charge in [-0.1, -0.05) is 6.92 Å². The summed E-state index contributed by atoms with van der Waals surface area (Å²) in [5.74, 6) is -0.624. The van der Waals surface area contributed by atoms with Gasteiger partial charge in [-0.2, -0.15) is 15.3 Å². The van der Waals surface area contributed by atoms with Crippen LogP contribution in [0.2, 0.25) is 0 Å². The van der Waals surface area contributed by atoms with Gasteiger partial charge in [0.15, 0.2) is 5.65 Å². The van der Waals surface area contributed by atoms with Gasteiger partial charge in [0.05, 0.1) is 29.3 Å². The lowest BCUT2D eigenvalue weighted by atomic mass is 9.96. The number of hydrogen-bond donors (Lipinski definition) is 2. The predicted molar refractivity (Wildman–Crippen MR) is 106 cm³/mol. The Bertz CT molecular complexity index is 1270. The van der Waals surface area contributed by atoms with Gasteiger partial charge < -0.3 is 5.73 Å². The van der Waals surface area contributed by atoms with E-state index in [-0.39, 0.29) is 11.7 Å². The lowest BCUT2D eigenvalue weighted by Crippen LogP contribution is -2.25. The normalized spacial score (nSPS) is 13.2. The molecule has 0 radical (unpaired) electrons. The number of rotatable bonds is 4. The zero-order valence-electron chi connectivity index (χ0n) is 16.1. The van der Waals surface area contributed by atoms with Crippen LogP contribution in [0, 0.1) is 5.82 Å². The lowest BCUT2D eigenvalue weighted by Gasteiger charge is -2.13. The van der Waals surface area contributed by atoms with E-state index in [1.54, 1.807) is 53.8 Å². The number of primary amides is 1. The minimum atomic E-state index is -0.761. The maximum Gasteiger partial charge on any atom is 0.332 e. The second-order valence-corrected chi connectivity index (χ2v) is 6.77. The number of carbonyl (C=O) groups excluding carboxylic acids is 1. The molecule has 0 bridgehead atoms. The van der Waals surface area contributed by atoms with Gasteiger partial charge >= 0.3 is 6.03 Å². The SMILES string of the molecule is C/C(=N\NC(N)=O)c1ccc2ncc(C(C)c3cc4cnn(C)c4cc3F)n2n1. The molecule has 0 fully saturated rings. The number of benzene rings is 1. The van der Waals surface area contributed by atoms with Gasteiger partial charge in [-0.05, 0) is 30.7 Å². The number of imidazole rings is 1. The number of carbonyl (C=O) groups is 1. The third-order valence-electron chi connectivity index (χ3n) is 4.87. The highest BCUT2D eigenvalue weighted by atomic mass is 19.1. The van der Waals surface area contributed by atoms with Crippen LogP contribution in [0.3, 0.4) is 0 Å². The van der Waals surface area contributed by atoms with Gasteiger partial charge in [0.25, 0.3) is 0 Å². The fourth-order valence-electron chi connectivity index (χ4n) is 3.26. The topological polar surface area (TPSA) is 115 Å². The van der Waals surface area contributed by atoms with E-state index in [1.807, 2.05) is 6.92 Å². The monoisotopic (exact) mass is 394 g/mol. The molecule has 3 N–H and O–H groups in total. The van der Waals surface area contributed by atoms with E-state index in [0.717, 1.165) is 16.6 Å². The number of halogens is 1. The summed E-state index contributed by atoms with van der Waals surface area (Å²) >= 11 is 0. The van der Waals surface area contributed by atoms with Gasteiger partial charge in [-0.3, -0.25) is 4.68 Å². The minimum Gasteiger partial charge on any atom is -0.350 e. The Kier molecular flexibility index (Phi) is 4.45. The Balaban J connectivity index is 1.77. The molecule has 0 aliphatic rings. The van der Waals surface area contributed by atoms with Crippen molar-refractivity contribution >= 4 is 28.3 Å². The smallest absolute Gasteiger partial charge is 0.332 e. The van der Waals surface area contributed by atoms with Crippen LogP contribution in [-0.2, 0) is 7.05 Å². The molecule has 10 heteroatoms. The molecule has 29 heavy (non-hydrogen) atoms. The Morgan fingerprint density at radius 3 is 2.86 bits per heavy atom. The summed E-state index contributed by atoms with van der Waals surface area (Å²) in [7, 11) is 1.78. The first-order valence-electron chi connectivity index (χ1n) is 8.91. The molecule has 0 spiro atoms. The van der Waals surface area contributed by atoms with Crippen molar-refractivity contribution in [3.63, 3.8) is 0 Å². The Morgan fingerprint density at radius 2 is 2.10 bits per heavy atom. The van der Waals surface area contributed by atoms with Gasteiger partial charge in [0, 0.05) is 24.4 Å². The quantitative estimate of drug-likeness (QED) is 0.408. The number of hydrogen-bond acceptors (Lipinski definition) is 5. The first kappa shape index (κ1) is 18.5. The summed E-state index contributed by atoms with van der Waals surface area (Å²) in [6.07, 6.45) is 3.39. The zero-order chi connectivity index (χ0) is 20.7. The summed E-state index contributed by atoms with van der Waals surface area (Å²) in [5, 5.41) is 13.5. The molecule has 4 rings (SSSR count). The van der Waals surface area contributed by atoms with Crippen LogP contribution < -0.4 is 11.2 Å². The highest BCUT2D eigenvalue weighted by Gasteiger charge is 2.20. The molecule has 2 amide bonds. The molecule has 0 saturated heterocycles. The number of nitrogens with one attached hydrogen (secondary N) is 1. The molecule has 0 aliphatic heterocycles. The van der Waals surface area contributed by atoms with Crippen molar-refractivity contribution in [3.8, 4) is 0 Å². The Hall–Kier alpha value is -3.82. The number of nitrogens with two attached hydrogens (primary N) is 1. The van der Waals surface area contributed by atoms with E-state index in [1.165, 1.54) is 6.07 Å². The Morgan fingerprint density at radius 1 is 1.31 bits per heavy atom. The molecule has 3 aromatic heterocycles. The average molecular weight is 394 g/mol. The molecule has 1 atom stereocenters. The molecule has 0 aliphatic carbocycles. The van der Waals surface area contributed by atoms with Crippen molar-refractivity contribution in [1.82, 2.24) is 29.8 Å². The standard InChI is InChI=1S/C19H19FN8O/c1-10(13-6-12-8-23-27(3)16(12)7-14(13)20)17-9-22-18-5-4-15(26-28(17)18)11(2)24-25-19(21)29/h4-10H,1-3H3,(H3,21,25,29)/b24-11+. The fraction of sp³-hybridized carbons (Fsp3) is 0.211. The maximum atomic E-state index is 14.8. The highest BCUT2D eigenvalue weighted by molar-refractivity contribution is 5.97. The predicted octanol–water partition coefficient (Wildman–Crippen LogP) is 2.30. The first-order valence-corrected chi connectivity index (χ1v) is 8.91. The van der Waals surface area contributed by atoms with Gasteiger partial charge in [0.2, 0.25) is 0 Å². The van der Waals surface area contributed by atoms with Crippen molar-refractivity contribution in [3.05, 3.63) is 59.4 Å². The van der Waals surface area contributed by atoms with Crippen molar-refractivity contribution in [2.24, 2.45) is 17.9 Å². The van der Waals surface area contributed by atoms with E-state index < -0.39 is 6.03 Å². The van der Waals surface area contributed by atoms with E-state index in [4.69, 9.17) is 5.73 Å². The number of aryl methyl sites for hydroxylation is 1. The summed E-state index contributed by atoms with van der Waals surface area (Å²) < 4.78 is 18.1. The number of aromatic nitrogens is 5. The highest BCUT2D eigenvalue weighted by Crippen LogP contribution is 2.29. The first-order chi connectivity index (χ1) is 13.8. The fourth-order valence-corrected chi connectivity index (χ4v) is 3.26. The largest absolute Gasteiger partial charge is 0.350 e. The van der Waals surface area contributed by atoms with E-state index in [2.05, 4.69) is 25.7 Å². The number of nitrogens with zero attached hydrogens (tertiary/aromatic N) is 6. The molecule has 1 unspecified atom stereocenters. The Labute approximate surface area is 165 Å². The molecule has 3 heterocycles. The third kappa shape index (κ3) is 3.28. The van der Waals surface area contributed by atoms with Crippen molar-refractivity contribution in [2.75, 3.05) is 0 Å². The maximum absolute atomic E-state index is 14.8. The summed E-state index contributed by atoms with van der Waals surface area (Å²) in [4.78, 5) is 15.2. The third-order valence-corrected chi connectivity index (χ3v) is 4.87. The van der Waals surface area contributed by atoms with Crippen molar-refractivity contribution in [1.29, 1.82) is 0 Å². The molecule has 148 valence electrons. The van der Waals surface area contributed by atoms with E-state index in [9.17, 15) is 9.18 Å². The number of amides is 2. The molecule has 9 nitrogen and oxygen atoms in total. The van der Waals surface area contributed by atoms with Crippen LogP contribution >= 0.6 is 0 Å². The molecular formula is C19H19FN8O. The molecule has 0 saturated carbocycles. The average Bonchev–Trinajstić information content (AvgIpc) is 3.28. The van der Waals surface area contributed by atoms with Gasteiger partial charge in [-0.25, -0.2) is 24.1 Å². The molecule has 1 aromatic carbocycles. The second-order valence-electron chi connectivity index (χ2n) is 6.77. The van der Waals surface area contributed by atoms with E-state index >= 15 is 0 Å². The van der Waals surface area contributed by atoms with Gasteiger partial charge in [0.1, 0.15) is 11.5 Å². The van der Waals surface area contributed by atoms with Crippen molar-refractivity contribution in [2.45, 2.75) is 19.8 Å².